The van der Waals surface area contributed by atoms with E-state index < -0.39 is 0 Å². The highest BCUT2D eigenvalue weighted by atomic mass is 16.1. The molecule has 0 amide bonds. The molecule has 136 valence electrons. The molecule has 0 aliphatic rings. The van der Waals surface area contributed by atoms with Gasteiger partial charge < -0.3 is 4.79 Å². The average Bonchev–Trinajstić information content (AvgIpc) is 2.57. The van der Waals surface area contributed by atoms with Gasteiger partial charge in [0.1, 0.15) is 6.29 Å². The van der Waals surface area contributed by atoms with Gasteiger partial charge in [0.25, 0.3) is 0 Å². The second kappa shape index (κ2) is 21.4. The lowest BCUT2D eigenvalue weighted by Gasteiger charge is -2.00. The molecular weight excluding hydrogens is 280 g/mol. The number of aldehydes is 1. The normalized spacial score (nSPS) is 11.3. The standard InChI is InChI=1S/C22H42O/c1-2-3-4-5-6-7-8-9-10-11-12-13-14-15-16-17-18-19-20-21-22-23/h11-12,22H,2-10,13-21H2,1H3/b12-11+. The fourth-order valence-corrected chi connectivity index (χ4v) is 3.01. The molecular formula is C22H42O. The Kier molecular flexibility index (Phi) is 20.9. The molecule has 0 spiro atoms. The molecule has 0 saturated carbocycles. The Morgan fingerprint density at radius 2 is 0.826 bits per heavy atom. The molecule has 0 bridgehead atoms. The zero-order chi connectivity index (χ0) is 16.8. The number of hydrogen-bond acceptors (Lipinski definition) is 1. The molecule has 0 fully saturated rings. The van der Waals surface area contributed by atoms with Crippen molar-refractivity contribution in [1.82, 2.24) is 0 Å². The predicted molar refractivity (Wildman–Crippen MR) is 104 cm³/mol. The Balaban J connectivity index is 3.04. The first-order chi connectivity index (χ1) is 11.4. The molecule has 23 heavy (non-hydrogen) atoms. The van der Waals surface area contributed by atoms with Gasteiger partial charge in [-0.25, -0.2) is 0 Å². The van der Waals surface area contributed by atoms with E-state index in [1.165, 1.54) is 103 Å². The molecule has 0 saturated heterocycles. The van der Waals surface area contributed by atoms with Gasteiger partial charge in [0.05, 0.1) is 0 Å². The van der Waals surface area contributed by atoms with Gasteiger partial charge in [0.2, 0.25) is 0 Å². The van der Waals surface area contributed by atoms with E-state index in [0.29, 0.717) is 0 Å². The second-order valence-corrected chi connectivity index (χ2v) is 6.95. The van der Waals surface area contributed by atoms with Crippen LogP contribution in [0, 0.1) is 0 Å². The van der Waals surface area contributed by atoms with Crippen LogP contribution in [-0.2, 0) is 4.79 Å². The van der Waals surface area contributed by atoms with Crippen molar-refractivity contribution in [2.45, 2.75) is 122 Å². The topological polar surface area (TPSA) is 17.1 Å². The monoisotopic (exact) mass is 322 g/mol. The fraction of sp³-hybridized carbons (Fsp3) is 0.864. The molecule has 1 heteroatoms. The highest BCUT2D eigenvalue weighted by Crippen LogP contribution is 2.11. The highest BCUT2D eigenvalue weighted by molar-refractivity contribution is 5.48. The summed E-state index contributed by atoms with van der Waals surface area (Å²) in [7, 11) is 0. The zero-order valence-corrected chi connectivity index (χ0v) is 15.9. The van der Waals surface area contributed by atoms with Crippen LogP contribution in [0.15, 0.2) is 12.2 Å². The first kappa shape index (κ1) is 22.4. The quantitative estimate of drug-likeness (QED) is 0.135. The van der Waals surface area contributed by atoms with Gasteiger partial charge in [-0.05, 0) is 32.1 Å². The molecule has 0 aliphatic carbocycles. The maximum absolute atomic E-state index is 10.2. The van der Waals surface area contributed by atoms with Crippen molar-refractivity contribution in [3.8, 4) is 0 Å². The SMILES string of the molecule is CCCCCCCCCC/C=C/CCCCCCCCCC=O. The van der Waals surface area contributed by atoms with Gasteiger partial charge in [0, 0.05) is 6.42 Å². The van der Waals surface area contributed by atoms with E-state index in [2.05, 4.69) is 19.1 Å². The first-order valence-electron chi connectivity index (χ1n) is 10.5. The fourth-order valence-electron chi connectivity index (χ4n) is 3.01. The Morgan fingerprint density at radius 3 is 1.22 bits per heavy atom. The number of rotatable bonds is 19. The van der Waals surface area contributed by atoms with Crippen molar-refractivity contribution < 1.29 is 4.79 Å². The van der Waals surface area contributed by atoms with Crippen LogP contribution in [0.4, 0.5) is 0 Å². The number of carbonyl (C=O) groups is 1. The molecule has 0 aromatic carbocycles. The van der Waals surface area contributed by atoms with E-state index in [4.69, 9.17) is 0 Å². The Labute approximate surface area is 146 Å². The summed E-state index contributed by atoms with van der Waals surface area (Å²) in [5.74, 6) is 0. The summed E-state index contributed by atoms with van der Waals surface area (Å²) in [6, 6.07) is 0. The van der Waals surface area contributed by atoms with Gasteiger partial charge in [-0.3, -0.25) is 0 Å². The summed E-state index contributed by atoms with van der Waals surface area (Å²) < 4.78 is 0. The first-order valence-corrected chi connectivity index (χ1v) is 10.5. The van der Waals surface area contributed by atoms with Crippen molar-refractivity contribution in [3.63, 3.8) is 0 Å². The van der Waals surface area contributed by atoms with E-state index >= 15 is 0 Å². The third-order valence-electron chi connectivity index (χ3n) is 4.58. The van der Waals surface area contributed by atoms with Gasteiger partial charge in [0.15, 0.2) is 0 Å². The van der Waals surface area contributed by atoms with Gasteiger partial charge >= 0.3 is 0 Å². The van der Waals surface area contributed by atoms with Crippen LogP contribution in [0.25, 0.3) is 0 Å². The van der Waals surface area contributed by atoms with Crippen LogP contribution < -0.4 is 0 Å². The Hall–Kier alpha value is -0.590. The van der Waals surface area contributed by atoms with Crippen molar-refractivity contribution in [1.29, 1.82) is 0 Å². The lowest BCUT2D eigenvalue weighted by molar-refractivity contribution is -0.107. The predicted octanol–water partition coefficient (Wildman–Crippen LogP) is 7.78. The maximum atomic E-state index is 10.2. The molecule has 0 heterocycles. The minimum Gasteiger partial charge on any atom is -0.303 e. The number of unbranched alkanes of at least 4 members (excludes halogenated alkanes) is 16. The minimum atomic E-state index is 0.754. The Morgan fingerprint density at radius 1 is 0.478 bits per heavy atom. The van der Waals surface area contributed by atoms with Crippen LogP contribution in [-0.4, -0.2) is 6.29 Å². The van der Waals surface area contributed by atoms with Crippen LogP contribution in [0.5, 0.6) is 0 Å². The third kappa shape index (κ3) is 21.4. The second-order valence-electron chi connectivity index (χ2n) is 6.95. The van der Waals surface area contributed by atoms with Crippen molar-refractivity contribution in [3.05, 3.63) is 12.2 Å². The molecule has 0 aliphatic heterocycles. The minimum absolute atomic E-state index is 0.754. The van der Waals surface area contributed by atoms with Crippen molar-refractivity contribution >= 4 is 6.29 Å². The van der Waals surface area contributed by atoms with Gasteiger partial charge in [-0.2, -0.15) is 0 Å². The molecule has 0 aromatic rings. The number of hydrogen-bond donors (Lipinski definition) is 0. The van der Waals surface area contributed by atoms with Crippen LogP contribution in [0.3, 0.4) is 0 Å². The number of carbonyl (C=O) groups excluding carboxylic acids is 1. The van der Waals surface area contributed by atoms with Crippen LogP contribution in [0.2, 0.25) is 0 Å². The smallest absolute Gasteiger partial charge is 0.119 e. The van der Waals surface area contributed by atoms with E-state index in [1.807, 2.05) is 0 Å². The van der Waals surface area contributed by atoms with Crippen LogP contribution >= 0.6 is 0 Å². The molecule has 0 aromatic heterocycles. The van der Waals surface area contributed by atoms with E-state index in [0.717, 1.165) is 19.1 Å². The Bertz CT molecular complexity index is 244. The van der Waals surface area contributed by atoms with Gasteiger partial charge in [-0.15, -0.1) is 0 Å². The highest BCUT2D eigenvalue weighted by Gasteiger charge is 1.92. The molecule has 0 atom stereocenters. The van der Waals surface area contributed by atoms with Crippen molar-refractivity contribution in [2.24, 2.45) is 0 Å². The third-order valence-corrected chi connectivity index (χ3v) is 4.58. The largest absolute Gasteiger partial charge is 0.303 e. The van der Waals surface area contributed by atoms with E-state index in [-0.39, 0.29) is 0 Å². The van der Waals surface area contributed by atoms with Crippen LogP contribution in [0.1, 0.15) is 122 Å². The summed E-state index contributed by atoms with van der Waals surface area (Å²) in [5.41, 5.74) is 0. The molecule has 0 radical (unpaired) electrons. The summed E-state index contributed by atoms with van der Waals surface area (Å²) in [6.07, 6.45) is 29.5. The summed E-state index contributed by atoms with van der Waals surface area (Å²) in [5, 5.41) is 0. The lowest BCUT2D eigenvalue weighted by Crippen LogP contribution is -1.81. The summed E-state index contributed by atoms with van der Waals surface area (Å²) in [6.45, 7) is 2.28. The van der Waals surface area contributed by atoms with E-state index in [9.17, 15) is 4.79 Å². The molecule has 0 unspecified atom stereocenters. The van der Waals surface area contributed by atoms with E-state index in [1.54, 1.807) is 0 Å². The summed E-state index contributed by atoms with van der Waals surface area (Å²) >= 11 is 0. The molecule has 0 N–H and O–H groups in total. The van der Waals surface area contributed by atoms with Crippen molar-refractivity contribution in [2.75, 3.05) is 0 Å². The lowest BCUT2D eigenvalue weighted by atomic mass is 10.1. The molecule has 1 nitrogen and oxygen atoms in total. The average molecular weight is 323 g/mol. The molecule has 0 rings (SSSR count). The van der Waals surface area contributed by atoms with Gasteiger partial charge in [-0.1, -0.05) is 96.1 Å². The summed E-state index contributed by atoms with van der Waals surface area (Å²) in [4.78, 5) is 10.2. The zero-order valence-electron chi connectivity index (χ0n) is 15.9. The number of allylic oxidation sites excluding steroid dienone is 2. The maximum Gasteiger partial charge on any atom is 0.119 e.